The molecule has 0 heterocycles. The van der Waals surface area contributed by atoms with Crippen molar-refractivity contribution in [2.75, 3.05) is 12.8 Å². The van der Waals surface area contributed by atoms with Gasteiger partial charge in [-0.15, -0.1) is 0 Å². The molecule has 0 spiro atoms. The molecule has 100 valence electrons. The van der Waals surface area contributed by atoms with Gasteiger partial charge in [0.05, 0.1) is 0 Å². The van der Waals surface area contributed by atoms with Crippen LogP contribution in [0.5, 0.6) is 0 Å². The highest BCUT2D eigenvalue weighted by Gasteiger charge is 2.23. The first-order chi connectivity index (χ1) is 8.31. The molecule has 0 bridgehead atoms. The SMILES string of the molecule is CN[C@@H](Cc1ccc(N)cc1)C(=O)OC(C)(C)C. The maximum atomic E-state index is 12.0. The van der Waals surface area contributed by atoms with E-state index >= 15 is 0 Å². The number of nitrogens with one attached hydrogen (secondary N) is 1. The van der Waals surface area contributed by atoms with Crippen molar-refractivity contribution in [3.05, 3.63) is 29.8 Å². The molecule has 1 rings (SSSR count). The van der Waals surface area contributed by atoms with E-state index in [1.165, 1.54) is 0 Å². The molecular weight excluding hydrogens is 228 g/mol. The van der Waals surface area contributed by atoms with Crippen LogP contribution in [0.25, 0.3) is 0 Å². The molecule has 3 N–H and O–H groups in total. The summed E-state index contributed by atoms with van der Waals surface area (Å²) in [5.41, 5.74) is 6.93. The molecule has 0 amide bonds. The molecule has 1 aromatic carbocycles. The summed E-state index contributed by atoms with van der Waals surface area (Å²) in [5.74, 6) is -0.234. The van der Waals surface area contributed by atoms with Gasteiger partial charge in [-0.25, -0.2) is 0 Å². The van der Waals surface area contributed by atoms with Gasteiger partial charge < -0.3 is 15.8 Å². The predicted octanol–water partition coefficient (Wildman–Crippen LogP) is 1.74. The normalized spacial score (nSPS) is 13.1. The minimum absolute atomic E-state index is 0.234. The van der Waals surface area contributed by atoms with Crippen molar-refractivity contribution in [2.24, 2.45) is 0 Å². The molecule has 0 aliphatic heterocycles. The Morgan fingerprint density at radius 3 is 2.33 bits per heavy atom. The van der Waals surface area contributed by atoms with E-state index in [2.05, 4.69) is 5.32 Å². The highest BCUT2D eigenvalue weighted by atomic mass is 16.6. The van der Waals surface area contributed by atoms with Gasteiger partial charge >= 0.3 is 5.97 Å². The summed E-state index contributed by atoms with van der Waals surface area (Å²) in [6.07, 6.45) is 0.589. The molecule has 0 saturated heterocycles. The average Bonchev–Trinajstić information content (AvgIpc) is 2.25. The molecule has 0 saturated carbocycles. The fraction of sp³-hybridized carbons (Fsp3) is 0.500. The Bertz CT molecular complexity index is 393. The Kier molecular flexibility index (Phi) is 4.73. The number of nitrogens with two attached hydrogens (primary N) is 1. The number of rotatable bonds is 4. The van der Waals surface area contributed by atoms with E-state index < -0.39 is 5.60 Å². The summed E-state index contributed by atoms with van der Waals surface area (Å²) in [7, 11) is 1.76. The van der Waals surface area contributed by atoms with Gasteiger partial charge in [-0.2, -0.15) is 0 Å². The Labute approximate surface area is 109 Å². The third-order valence-electron chi connectivity index (χ3n) is 2.46. The Morgan fingerprint density at radius 1 is 1.33 bits per heavy atom. The second kappa shape index (κ2) is 5.87. The number of benzene rings is 1. The molecule has 0 aliphatic rings. The zero-order valence-electron chi connectivity index (χ0n) is 11.5. The first kappa shape index (κ1) is 14.5. The van der Waals surface area contributed by atoms with E-state index in [9.17, 15) is 4.79 Å². The molecule has 0 aromatic heterocycles. The summed E-state index contributed by atoms with van der Waals surface area (Å²) in [5, 5.41) is 2.98. The van der Waals surface area contributed by atoms with Crippen molar-refractivity contribution >= 4 is 11.7 Å². The second-order valence-corrected chi connectivity index (χ2v) is 5.32. The van der Waals surface area contributed by atoms with E-state index in [0.29, 0.717) is 6.42 Å². The quantitative estimate of drug-likeness (QED) is 0.631. The van der Waals surface area contributed by atoms with Crippen LogP contribution in [-0.2, 0) is 16.0 Å². The van der Waals surface area contributed by atoms with Crippen LogP contribution in [0.2, 0.25) is 0 Å². The molecule has 1 atom stereocenters. The third-order valence-corrected chi connectivity index (χ3v) is 2.46. The Morgan fingerprint density at radius 2 is 1.89 bits per heavy atom. The maximum Gasteiger partial charge on any atom is 0.323 e. The molecule has 0 fully saturated rings. The van der Waals surface area contributed by atoms with Crippen molar-refractivity contribution in [2.45, 2.75) is 38.8 Å². The lowest BCUT2D eigenvalue weighted by molar-refractivity contribution is -0.157. The van der Waals surface area contributed by atoms with Gasteiger partial charge in [0.2, 0.25) is 0 Å². The molecule has 18 heavy (non-hydrogen) atoms. The molecule has 1 aromatic rings. The fourth-order valence-corrected chi connectivity index (χ4v) is 1.57. The van der Waals surface area contributed by atoms with Crippen LogP contribution in [0.4, 0.5) is 5.69 Å². The number of anilines is 1. The highest BCUT2D eigenvalue weighted by Crippen LogP contribution is 2.12. The van der Waals surface area contributed by atoms with Gasteiger partial charge in [-0.05, 0) is 51.9 Å². The zero-order chi connectivity index (χ0) is 13.8. The van der Waals surface area contributed by atoms with Gasteiger partial charge in [0.25, 0.3) is 0 Å². The van der Waals surface area contributed by atoms with Gasteiger partial charge in [-0.1, -0.05) is 12.1 Å². The van der Waals surface area contributed by atoms with Gasteiger partial charge in [0.15, 0.2) is 0 Å². The second-order valence-electron chi connectivity index (χ2n) is 5.32. The van der Waals surface area contributed by atoms with E-state index in [0.717, 1.165) is 11.3 Å². The summed E-state index contributed by atoms with van der Waals surface area (Å²) >= 11 is 0. The van der Waals surface area contributed by atoms with E-state index in [1.54, 1.807) is 7.05 Å². The van der Waals surface area contributed by atoms with Crippen LogP contribution in [0.3, 0.4) is 0 Å². The Balaban J connectivity index is 2.67. The molecule has 4 nitrogen and oxygen atoms in total. The molecule has 4 heteroatoms. The molecule has 0 radical (unpaired) electrons. The first-order valence-electron chi connectivity index (χ1n) is 6.06. The molecule has 0 aliphatic carbocycles. The highest BCUT2D eigenvalue weighted by molar-refractivity contribution is 5.76. The standard InChI is InChI=1S/C14H22N2O2/c1-14(2,3)18-13(17)12(16-4)9-10-5-7-11(15)8-6-10/h5-8,12,16H,9,15H2,1-4H3/t12-/m0/s1. The van der Waals surface area contributed by atoms with Crippen LogP contribution in [-0.4, -0.2) is 24.7 Å². The zero-order valence-corrected chi connectivity index (χ0v) is 11.5. The number of hydrogen-bond donors (Lipinski definition) is 2. The number of esters is 1. The largest absolute Gasteiger partial charge is 0.459 e. The van der Waals surface area contributed by atoms with Crippen LogP contribution in [0.1, 0.15) is 26.3 Å². The van der Waals surface area contributed by atoms with Crippen LogP contribution in [0, 0.1) is 0 Å². The monoisotopic (exact) mass is 250 g/mol. The summed E-state index contributed by atoms with van der Waals surface area (Å²) in [6, 6.07) is 7.16. The van der Waals surface area contributed by atoms with E-state index in [-0.39, 0.29) is 12.0 Å². The number of carbonyl (C=O) groups is 1. The van der Waals surface area contributed by atoms with Crippen molar-refractivity contribution in [1.29, 1.82) is 0 Å². The van der Waals surface area contributed by atoms with Gasteiger partial charge in [-0.3, -0.25) is 4.79 Å². The maximum absolute atomic E-state index is 12.0. The first-order valence-corrected chi connectivity index (χ1v) is 6.06. The number of nitrogen functional groups attached to an aromatic ring is 1. The summed E-state index contributed by atoms with van der Waals surface area (Å²) in [4.78, 5) is 12.0. The smallest absolute Gasteiger partial charge is 0.323 e. The van der Waals surface area contributed by atoms with Crippen LogP contribution >= 0.6 is 0 Å². The number of carbonyl (C=O) groups excluding carboxylic acids is 1. The minimum atomic E-state index is -0.465. The topological polar surface area (TPSA) is 64.3 Å². The minimum Gasteiger partial charge on any atom is -0.459 e. The average molecular weight is 250 g/mol. The lowest BCUT2D eigenvalue weighted by Crippen LogP contribution is -2.41. The van der Waals surface area contributed by atoms with Crippen molar-refractivity contribution in [1.82, 2.24) is 5.32 Å². The van der Waals surface area contributed by atoms with Crippen molar-refractivity contribution in [3.8, 4) is 0 Å². The van der Waals surface area contributed by atoms with E-state index in [4.69, 9.17) is 10.5 Å². The number of hydrogen-bond acceptors (Lipinski definition) is 4. The third kappa shape index (κ3) is 4.75. The predicted molar refractivity (Wildman–Crippen MR) is 73.3 cm³/mol. The van der Waals surface area contributed by atoms with Crippen molar-refractivity contribution in [3.63, 3.8) is 0 Å². The van der Waals surface area contributed by atoms with Gasteiger partial charge in [0, 0.05) is 5.69 Å². The van der Waals surface area contributed by atoms with Crippen molar-refractivity contribution < 1.29 is 9.53 Å². The number of likely N-dealkylation sites (N-methyl/N-ethyl adjacent to an activating group) is 1. The number of ether oxygens (including phenoxy) is 1. The summed E-state index contributed by atoms with van der Waals surface area (Å²) in [6.45, 7) is 5.59. The summed E-state index contributed by atoms with van der Waals surface area (Å²) < 4.78 is 5.36. The lowest BCUT2D eigenvalue weighted by Gasteiger charge is -2.23. The Hall–Kier alpha value is -1.55. The van der Waals surface area contributed by atoms with E-state index in [1.807, 2.05) is 45.0 Å². The lowest BCUT2D eigenvalue weighted by atomic mass is 10.1. The van der Waals surface area contributed by atoms with Gasteiger partial charge in [0.1, 0.15) is 11.6 Å². The van der Waals surface area contributed by atoms with Crippen LogP contribution in [0.15, 0.2) is 24.3 Å². The molecular formula is C14H22N2O2. The fourth-order valence-electron chi connectivity index (χ4n) is 1.57. The van der Waals surface area contributed by atoms with Crippen LogP contribution < -0.4 is 11.1 Å². The molecule has 0 unspecified atom stereocenters.